The topological polar surface area (TPSA) is 119 Å². The maximum absolute atomic E-state index is 15.2. The SMILES string of the molecule is COc1cccc(F)c1-c1nccc(C(=O)Cc2cc(F)c3c(cnn3C)c2N2C[C@@H](O)C[C@H]2CN)n1. The molecule has 9 nitrogen and oxygen atoms in total. The van der Waals surface area contributed by atoms with Gasteiger partial charge in [-0.15, -0.1) is 0 Å². The van der Waals surface area contributed by atoms with Gasteiger partial charge in [0.05, 0.1) is 30.7 Å². The normalized spacial score (nSPS) is 17.5. The third-order valence-corrected chi connectivity index (χ3v) is 6.69. The van der Waals surface area contributed by atoms with Crippen molar-refractivity contribution in [3.8, 4) is 17.1 Å². The van der Waals surface area contributed by atoms with Gasteiger partial charge in [-0.1, -0.05) is 6.07 Å². The number of halogens is 2. The molecule has 3 heterocycles. The number of anilines is 1. The molecule has 3 N–H and O–H groups in total. The number of ketones is 1. The van der Waals surface area contributed by atoms with Crippen molar-refractivity contribution in [3.05, 3.63) is 65.6 Å². The number of carbonyl (C=O) groups excluding carboxylic acids is 1. The molecule has 2 aromatic carbocycles. The zero-order chi connectivity index (χ0) is 26.3. The van der Waals surface area contributed by atoms with Gasteiger partial charge in [0, 0.05) is 44.2 Å². The Kier molecular flexibility index (Phi) is 6.57. The zero-order valence-electron chi connectivity index (χ0n) is 20.4. The van der Waals surface area contributed by atoms with Crippen LogP contribution in [0.2, 0.25) is 0 Å². The van der Waals surface area contributed by atoms with E-state index in [0.717, 1.165) is 0 Å². The van der Waals surface area contributed by atoms with Crippen molar-refractivity contribution in [3.63, 3.8) is 0 Å². The Hall–Kier alpha value is -3.96. The van der Waals surface area contributed by atoms with Crippen molar-refractivity contribution >= 4 is 22.4 Å². The van der Waals surface area contributed by atoms with E-state index in [4.69, 9.17) is 10.5 Å². The molecule has 1 fully saturated rings. The first-order valence-corrected chi connectivity index (χ1v) is 11.8. The van der Waals surface area contributed by atoms with E-state index in [-0.39, 0.29) is 41.8 Å². The fraction of sp³-hybridized carbons (Fsp3) is 0.308. The summed E-state index contributed by atoms with van der Waals surface area (Å²) in [5.74, 6) is -1.29. The second-order valence-electron chi connectivity index (χ2n) is 9.01. The number of aromatic nitrogens is 4. The molecule has 2 aromatic heterocycles. The van der Waals surface area contributed by atoms with Gasteiger partial charge in [-0.3, -0.25) is 9.48 Å². The van der Waals surface area contributed by atoms with E-state index in [1.54, 1.807) is 19.3 Å². The number of aryl methyl sites for hydroxylation is 1. The summed E-state index contributed by atoms with van der Waals surface area (Å²) in [6.45, 7) is 0.576. The number of Topliss-reactive ketones (excluding diaryl/α,β-unsaturated/α-hetero) is 1. The Morgan fingerprint density at radius 2 is 2.08 bits per heavy atom. The molecule has 2 atom stereocenters. The van der Waals surface area contributed by atoms with Gasteiger partial charge in [0.15, 0.2) is 11.6 Å². The number of β-amino-alcohol motifs (C(OH)–C–C–N with tert-alkyl or cyclic N) is 1. The number of aliphatic hydroxyl groups excluding tert-OH is 1. The van der Waals surface area contributed by atoms with Crippen LogP contribution in [0.1, 0.15) is 22.5 Å². The second-order valence-corrected chi connectivity index (χ2v) is 9.01. The quantitative estimate of drug-likeness (QED) is 0.366. The summed E-state index contributed by atoms with van der Waals surface area (Å²) >= 11 is 0. The minimum absolute atomic E-state index is 0.000719. The number of fused-ring (bicyclic) bond motifs is 1. The van der Waals surface area contributed by atoms with E-state index in [1.165, 1.54) is 42.3 Å². The predicted octanol–water partition coefficient (Wildman–Crippen LogP) is 2.64. The number of nitrogens with zero attached hydrogens (tertiary/aromatic N) is 5. The maximum Gasteiger partial charge on any atom is 0.185 e. The van der Waals surface area contributed by atoms with Gasteiger partial charge in [0.2, 0.25) is 0 Å². The van der Waals surface area contributed by atoms with Gasteiger partial charge >= 0.3 is 0 Å². The Morgan fingerprint density at radius 3 is 2.84 bits per heavy atom. The third-order valence-electron chi connectivity index (χ3n) is 6.69. The predicted molar refractivity (Wildman–Crippen MR) is 133 cm³/mol. The largest absolute Gasteiger partial charge is 0.496 e. The van der Waals surface area contributed by atoms with E-state index in [1.807, 2.05) is 4.90 Å². The minimum atomic E-state index is -0.603. The number of aliphatic hydroxyl groups is 1. The van der Waals surface area contributed by atoms with Crippen molar-refractivity contribution in [1.29, 1.82) is 0 Å². The molecule has 1 aliphatic rings. The van der Waals surface area contributed by atoms with E-state index in [2.05, 4.69) is 15.1 Å². The van der Waals surface area contributed by atoms with Crippen LogP contribution in [-0.4, -0.2) is 63.0 Å². The van der Waals surface area contributed by atoms with Crippen molar-refractivity contribution in [2.24, 2.45) is 12.8 Å². The summed E-state index contributed by atoms with van der Waals surface area (Å²) < 4.78 is 36.5. The van der Waals surface area contributed by atoms with Gasteiger partial charge in [0.25, 0.3) is 0 Å². The molecule has 0 aliphatic carbocycles. The van der Waals surface area contributed by atoms with Crippen LogP contribution in [0.5, 0.6) is 5.75 Å². The van der Waals surface area contributed by atoms with Crippen molar-refractivity contribution < 1.29 is 23.4 Å². The first kappa shape index (κ1) is 24.7. The molecule has 192 valence electrons. The van der Waals surface area contributed by atoms with Crippen LogP contribution in [0.25, 0.3) is 22.3 Å². The fourth-order valence-electron chi connectivity index (χ4n) is 5.01. The van der Waals surface area contributed by atoms with Gasteiger partial charge in [-0.25, -0.2) is 18.7 Å². The standard InChI is InChI=1S/C26H26F2N6O3/c1-33-25-17(12-31-33)24(34-13-16(35)10-15(34)11-29)14(8-19(25)28)9-21(36)20-6-7-30-26(32-20)23-18(27)4-3-5-22(23)37-2/h3-8,12,15-16,35H,9-11,13,29H2,1-2H3/t15-,16-/m0/s1. The smallest absolute Gasteiger partial charge is 0.185 e. The number of carbonyl (C=O) groups is 1. The van der Waals surface area contributed by atoms with E-state index >= 15 is 4.39 Å². The van der Waals surface area contributed by atoms with Crippen molar-refractivity contribution in [1.82, 2.24) is 19.7 Å². The molecular formula is C26H26F2N6O3. The molecule has 4 aromatic rings. The number of hydrogen-bond acceptors (Lipinski definition) is 8. The van der Waals surface area contributed by atoms with Crippen LogP contribution >= 0.6 is 0 Å². The van der Waals surface area contributed by atoms with Crippen LogP contribution < -0.4 is 15.4 Å². The maximum atomic E-state index is 15.2. The highest BCUT2D eigenvalue weighted by Crippen LogP contribution is 2.37. The number of nitrogens with two attached hydrogens (primary N) is 1. The Balaban J connectivity index is 1.57. The van der Waals surface area contributed by atoms with E-state index in [9.17, 15) is 14.3 Å². The number of rotatable bonds is 7. The number of methoxy groups -OCH3 is 1. The highest BCUT2D eigenvalue weighted by atomic mass is 19.1. The lowest BCUT2D eigenvalue weighted by molar-refractivity contribution is 0.0988. The average Bonchev–Trinajstić information content (AvgIpc) is 3.46. The summed E-state index contributed by atoms with van der Waals surface area (Å²) in [7, 11) is 3.04. The summed E-state index contributed by atoms with van der Waals surface area (Å²) in [5.41, 5.74) is 7.38. The Morgan fingerprint density at radius 1 is 1.27 bits per heavy atom. The van der Waals surface area contributed by atoms with Gasteiger partial charge in [-0.05, 0) is 36.2 Å². The third kappa shape index (κ3) is 4.40. The molecule has 0 unspecified atom stereocenters. The molecule has 1 saturated heterocycles. The van der Waals surface area contributed by atoms with Crippen LogP contribution in [0.3, 0.4) is 0 Å². The minimum Gasteiger partial charge on any atom is -0.496 e. The number of benzene rings is 2. The summed E-state index contributed by atoms with van der Waals surface area (Å²) in [4.78, 5) is 23.8. The zero-order valence-corrected chi connectivity index (χ0v) is 20.4. The Labute approximate surface area is 211 Å². The molecular weight excluding hydrogens is 482 g/mol. The van der Waals surface area contributed by atoms with Crippen LogP contribution in [0.4, 0.5) is 14.5 Å². The number of hydrogen-bond donors (Lipinski definition) is 2. The monoisotopic (exact) mass is 508 g/mol. The first-order chi connectivity index (χ1) is 17.8. The number of ether oxygens (including phenoxy) is 1. The molecule has 37 heavy (non-hydrogen) atoms. The lowest BCUT2D eigenvalue weighted by Gasteiger charge is -2.28. The first-order valence-electron chi connectivity index (χ1n) is 11.8. The molecule has 1 aliphatic heterocycles. The lowest BCUT2D eigenvalue weighted by Crippen LogP contribution is -2.36. The van der Waals surface area contributed by atoms with Gasteiger partial charge < -0.3 is 20.5 Å². The second kappa shape index (κ2) is 9.83. The average molecular weight is 509 g/mol. The summed E-state index contributed by atoms with van der Waals surface area (Å²) in [6.07, 6.45) is 2.59. The highest BCUT2D eigenvalue weighted by Gasteiger charge is 2.34. The molecule has 0 amide bonds. The van der Waals surface area contributed by atoms with Crippen LogP contribution in [0.15, 0.2) is 42.7 Å². The molecule has 11 heteroatoms. The van der Waals surface area contributed by atoms with Crippen LogP contribution in [-0.2, 0) is 13.5 Å². The summed E-state index contributed by atoms with van der Waals surface area (Å²) in [6, 6.07) is 6.90. The fourth-order valence-corrected chi connectivity index (χ4v) is 5.01. The molecule has 0 spiro atoms. The summed E-state index contributed by atoms with van der Waals surface area (Å²) in [5, 5.41) is 15.1. The van der Waals surface area contributed by atoms with E-state index < -0.39 is 23.5 Å². The Bertz CT molecular complexity index is 1490. The van der Waals surface area contributed by atoms with Gasteiger partial charge in [0.1, 0.15) is 28.6 Å². The molecule has 0 bridgehead atoms. The molecule has 0 saturated carbocycles. The van der Waals surface area contributed by atoms with Crippen molar-refractivity contribution in [2.45, 2.75) is 25.0 Å². The highest BCUT2D eigenvalue weighted by molar-refractivity contribution is 6.01. The lowest BCUT2D eigenvalue weighted by atomic mass is 10.00. The van der Waals surface area contributed by atoms with Gasteiger partial charge in [-0.2, -0.15) is 5.10 Å². The molecule has 5 rings (SSSR count). The molecule has 0 radical (unpaired) electrons. The van der Waals surface area contributed by atoms with E-state index in [0.29, 0.717) is 35.1 Å². The van der Waals surface area contributed by atoms with Crippen LogP contribution in [0, 0.1) is 11.6 Å². The van der Waals surface area contributed by atoms with Crippen molar-refractivity contribution in [2.75, 3.05) is 25.1 Å².